The fraction of sp³-hybridized carbons (Fsp3) is 0.423. The Balaban J connectivity index is 1.37. The molecule has 0 saturated heterocycles. The molecule has 2 aliphatic carbocycles. The number of aromatic nitrogens is 7. The van der Waals surface area contributed by atoms with Gasteiger partial charge in [-0.1, -0.05) is 5.21 Å². The van der Waals surface area contributed by atoms with Crippen molar-refractivity contribution >= 4 is 16.7 Å². The van der Waals surface area contributed by atoms with Crippen molar-refractivity contribution in [2.45, 2.75) is 56.9 Å². The van der Waals surface area contributed by atoms with E-state index in [-0.39, 0.29) is 17.4 Å². The van der Waals surface area contributed by atoms with Gasteiger partial charge in [-0.3, -0.25) is 0 Å². The van der Waals surface area contributed by atoms with Crippen LogP contribution in [-0.4, -0.2) is 52.5 Å². The molecule has 4 aromatic rings. The number of hydrogen-bond donors (Lipinski definition) is 2. The summed E-state index contributed by atoms with van der Waals surface area (Å²) >= 11 is 0. The topological polar surface area (TPSA) is 154 Å². The Bertz CT molecular complexity index is 1560. The van der Waals surface area contributed by atoms with Crippen molar-refractivity contribution in [3.63, 3.8) is 0 Å². The molecule has 0 aromatic carbocycles. The van der Waals surface area contributed by atoms with Crippen molar-refractivity contribution in [3.05, 3.63) is 48.2 Å². The molecular weight excluding hydrogens is 468 g/mol. The zero-order valence-corrected chi connectivity index (χ0v) is 20.5. The van der Waals surface area contributed by atoms with E-state index in [9.17, 15) is 10.4 Å². The van der Waals surface area contributed by atoms with Crippen LogP contribution in [0.5, 0.6) is 0 Å². The van der Waals surface area contributed by atoms with Gasteiger partial charge in [0.05, 0.1) is 41.6 Å². The maximum Gasteiger partial charge on any atom is 0.164 e. The van der Waals surface area contributed by atoms with Crippen molar-refractivity contribution in [3.8, 4) is 23.6 Å². The molecule has 0 spiro atoms. The quantitative estimate of drug-likeness (QED) is 0.394. The molecule has 37 heavy (non-hydrogen) atoms. The monoisotopic (exact) mass is 494 g/mol. The first-order valence-electron chi connectivity index (χ1n) is 12.4. The third-order valence-corrected chi connectivity index (χ3v) is 8.10. The third-order valence-electron chi connectivity index (χ3n) is 8.10. The van der Waals surface area contributed by atoms with Crippen LogP contribution in [0, 0.1) is 28.1 Å². The molecule has 11 heteroatoms. The van der Waals surface area contributed by atoms with E-state index in [1.165, 1.54) is 6.20 Å². The number of fused-ring (bicyclic) bond motifs is 3. The number of aliphatic hydroxyl groups is 1. The molecule has 186 valence electrons. The lowest BCUT2D eigenvalue weighted by Crippen LogP contribution is -2.20. The number of pyridine rings is 2. The largest absolute Gasteiger partial charge is 0.396 e. The summed E-state index contributed by atoms with van der Waals surface area (Å²) in [6.07, 6.45) is 13.1. The van der Waals surface area contributed by atoms with Crippen molar-refractivity contribution < 1.29 is 5.11 Å². The Morgan fingerprint density at radius 1 is 1.14 bits per heavy atom. The second-order valence-electron chi connectivity index (χ2n) is 10.3. The van der Waals surface area contributed by atoms with Crippen molar-refractivity contribution in [2.24, 2.45) is 5.41 Å². The summed E-state index contributed by atoms with van der Waals surface area (Å²) < 4.78 is 3.32. The smallest absolute Gasteiger partial charge is 0.164 e. The maximum atomic E-state index is 9.55. The minimum atomic E-state index is -0.454. The lowest BCUT2D eigenvalue weighted by Gasteiger charge is -2.26. The highest BCUT2D eigenvalue weighted by atomic mass is 16.3. The lowest BCUT2D eigenvalue weighted by molar-refractivity contribution is 0.186. The van der Waals surface area contributed by atoms with Gasteiger partial charge in [0.2, 0.25) is 0 Å². The van der Waals surface area contributed by atoms with Gasteiger partial charge < -0.3 is 10.4 Å². The molecule has 0 aliphatic heterocycles. The molecule has 11 nitrogen and oxygen atoms in total. The molecule has 1 atom stereocenters. The van der Waals surface area contributed by atoms with E-state index in [4.69, 9.17) is 5.26 Å². The van der Waals surface area contributed by atoms with E-state index in [0.717, 1.165) is 49.6 Å². The van der Waals surface area contributed by atoms with E-state index in [2.05, 4.69) is 42.8 Å². The first-order valence-corrected chi connectivity index (χ1v) is 12.4. The number of anilines is 1. The number of aliphatic hydroxyl groups excluding tert-OH is 1. The fourth-order valence-electron chi connectivity index (χ4n) is 6.14. The van der Waals surface area contributed by atoms with E-state index < -0.39 is 6.04 Å². The Morgan fingerprint density at radius 3 is 2.73 bits per heavy atom. The molecule has 2 saturated carbocycles. The van der Waals surface area contributed by atoms with Crippen LogP contribution < -0.4 is 5.32 Å². The van der Waals surface area contributed by atoms with Crippen LogP contribution in [0.25, 0.3) is 22.5 Å². The first-order chi connectivity index (χ1) is 18.0. The van der Waals surface area contributed by atoms with Gasteiger partial charge in [-0.2, -0.15) is 20.3 Å². The molecule has 2 fully saturated rings. The highest BCUT2D eigenvalue weighted by Gasteiger charge is 2.55. The number of nitriles is 2. The highest BCUT2D eigenvalue weighted by Crippen LogP contribution is 2.63. The Kier molecular flexibility index (Phi) is 5.39. The van der Waals surface area contributed by atoms with Gasteiger partial charge in [-0.25, -0.2) is 14.6 Å². The molecule has 2 N–H and O–H groups in total. The molecule has 0 radical (unpaired) electrons. The van der Waals surface area contributed by atoms with E-state index in [1.54, 1.807) is 34.7 Å². The van der Waals surface area contributed by atoms with Crippen LogP contribution >= 0.6 is 0 Å². The Labute approximate surface area is 213 Å². The summed E-state index contributed by atoms with van der Waals surface area (Å²) in [5.74, 6) is 0.517. The average molecular weight is 495 g/mol. The molecule has 4 aromatic heterocycles. The number of rotatable bonds is 7. The minimum Gasteiger partial charge on any atom is -0.396 e. The second-order valence-corrected chi connectivity index (χ2v) is 10.3. The predicted octanol–water partition coefficient (Wildman–Crippen LogP) is 3.18. The van der Waals surface area contributed by atoms with Gasteiger partial charge in [-0.15, -0.1) is 5.10 Å². The van der Waals surface area contributed by atoms with Crippen molar-refractivity contribution in [1.82, 2.24) is 34.7 Å². The summed E-state index contributed by atoms with van der Waals surface area (Å²) in [5, 5.41) is 45.6. The number of hydrogen-bond acceptors (Lipinski definition) is 9. The second kappa shape index (κ2) is 8.64. The number of nitrogens with one attached hydrogen (secondary N) is 1. The third kappa shape index (κ3) is 3.79. The highest BCUT2D eigenvalue weighted by molar-refractivity contribution is 5.77. The van der Waals surface area contributed by atoms with Gasteiger partial charge in [0.25, 0.3) is 0 Å². The van der Waals surface area contributed by atoms with Gasteiger partial charge in [0, 0.05) is 29.7 Å². The molecule has 0 unspecified atom stereocenters. The van der Waals surface area contributed by atoms with Crippen LogP contribution in [0.15, 0.2) is 36.9 Å². The van der Waals surface area contributed by atoms with Gasteiger partial charge in [0.1, 0.15) is 17.8 Å². The standard InChI is InChI=1S/C26H26N10O/c1-17(10-27)32-20-9-23(36-24-19(13-31-36)8-18(11-28)12-30-24)29-14-21(20)35-15-22(33-34-35)26-4-2-25(16-26,3-5-26)6-7-37/h8-9,12-15,17,37H,2-7,16H2,1H3,(H,29,32)/t17-,25?,26?/m1/s1. The zero-order valence-electron chi connectivity index (χ0n) is 20.5. The van der Waals surface area contributed by atoms with Gasteiger partial charge in [-0.05, 0) is 56.9 Å². The Morgan fingerprint density at radius 2 is 1.97 bits per heavy atom. The normalized spacial score (nSPS) is 23.1. The molecule has 2 aliphatic rings. The van der Waals surface area contributed by atoms with Crippen molar-refractivity contribution in [2.75, 3.05) is 11.9 Å². The Hall–Kier alpha value is -4.35. The maximum absolute atomic E-state index is 9.55. The summed E-state index contributed by atoms with van der Waals surface area (Å²) in [6, 6.07) is 7.39. The van der Waals surface area contributed by atoms with Crippen LogP contribution in [0.2, 0.25) is 0 Å². The molecule has 6 rings (SSSR count). The molecule has 0 amide bonds. The van der Waals surface area contributed by atoms with Crippen LogP contribution in [0.1, 0.15) is 56.7 Å². The zero-order chi connectivity index (χ0) is 25.6. The molecule has 2 bridgehead atoms. The van der Waals surface area contributed by atoms with Crippen LogP contribution in [0.4, 0.5) is 5.69 Å². The van der Waals surface area contributed by atoms with Crippen LogP contribution in [-0.2, 0) is 5.41 Å². The van der Waals surface area contributed by atoms with Gasteiger partial charge in [0.15, 0.2) is 11.5 Å². The summed E-state index contributed by atoms with van der Waals surface area (Å²) in [5.41, 5.74) is 3.59. The minimum absolute atomic E-state index is 0.0102. The fourth-order valence-corrected chi connectivity index (χ4v) is 6.14. The lowest BCUT2D eigenvalue weighted by atomic mass is 9.79. The molecular formula is C26H26N10O. The first kappa shape index (κ1) is 23.1. The summed E-state index contributed by atoms with van der Waals surface area (Å²) in [7, 11) is 0. The summed E-state index contributed by atoms with van der Waals surface area (Å²) in [4.78, 5) is 9.01. The van der Waals surface area contributed by atoms with E-state index >= 15 is 0 Å². The number of nitrogens with zero attached hydrogens (tertiary/aromatic N) is 9. The molecule has 4 heterocycles. The summed E-state index contributed by atoms with van der Waals surface area (Å²) in [6.45, 7) is 2.01. The average Bonchev–Trinajstić information content (AvgIpc) is 3.71. The van der Waals surface area contributed by atoms with Crippen molar-refractivity contribution in [1.29, 1.82) is 10.5 Å². The van der Waals surface area contributed by atoms with Crippen LogP contribution in [0.3, 0.4) is 0 Å². The van der Waals surface area contributed by atoms with E-state index in [0.29, 0.717) is 28.4 Å². The SMILES string of the molecule is C[C@H](C#N)Nc1cc(-n2ncc3cc(C#N)cnc32)ncc1-n1cc(C23CCC(CCO)(CC2)C3)nn1. The predicted molar refractivity (Wildman–Crippen MR) is 134 cm³/mol. The van der Waals surface area contributed by atoms with Gasteiger partial charge >= 0.3 is 0 Å². The van der Waals surface area contributed by atoms with E-state index in [1.807, 2.05) is 12.3 Å².